The van der Waals surface area contributed by atoms with Crippen molar-refractivity contribution in [3.8, 4) is 11.5 Å². The number of nitrogens with one attached hydrogen (secondary N) is 2. The van der Waals surface area contributed by atoms with Crippen LogP contribution >= 0.6 is 0 Å². The van der Waals surface area contributed by atoms with Crippen LogP contribution in [0.15, 0.2) is 102 Å². The van der Waals surface area contributed by atoms with E-state index in [1.165, 1.54) is 0 Å². The minimum atomic E-state index is -4.42. The van der Waals surface area contributed by atoms with Crippen molar-refractivity contribution < 1.29 is 56.5 Å². The fourth-order valence-corrected chi connectivity index (χ4v) is 5.30. The van der Waals surface area contributed by atoms with Crippen molar-refractivity contribution >= 4 is 38.6 Å². The normalized spacial score (nSPS) is 12.3. The number of amides is 2. The molecule has 11 heteroatoms. The van der Waals surface area contributed by atoms with Crippen LogP contribution in [-0.4, -0.2) is 42.1 Å². The first-order valence-corrected chi connectivity index (χ1v) is 16.1. The summed E-state index contributed by atoms with van der Waals surface area (Å²) in [4.78, 5) is 30.7. The number of hydrogen-bond donors (Lipinski definition) is 2. The summed E-state index contributed by atoms with van der Waals surface area (Å²) < 4.78 is 38.3. The summed E-state index contributed by atoms with van der Waals surface area (Å²) >= 11 is 0. The molecule has 0 fully saturated rings. The van der Waals surface area contributed by atoms with Gasteiger partial charge in [0.1, 0.15) is 11.3 Å². The van der Waals surface area contributed by atoms with Crippen LogP contribution in [0.5, 0.6) is 0 Å². The third kappa shape index (κ3) is 9.14. The van der Waals surface area contributed by atoms with E-state index in [-0.39, 0.29) is 47.4 Å². The second kappa shape index (κ2) is 14.7. The molecule has 46 heavy (non-hydrogen) atoms. The number of aromatic nitrogens is 1. The van der Waals surface area contributed by atoms with Gasteiger partial charge in [-0.25, -0.2) is 8.42 Å². The Morgan fingerprint density at radius 3 is 2.24 bits per heavy atom. The fourth-order valence-electron chi connectivity index (χ4n) is 4.95. The van der Waals surface area contributed by atoms with Gasteiger partial charge in [-0.1, -0.05) is 75.4 Å². The van der Waals surface area contributed by atoms with Crippen molar-refractivity contribution in [1.82, 2.24) is 10.3 Å². The number of pyridine rings is 1. The summed E-state index contributed by atoms with van der Waals surface area (Å²) in [7, 11) is -4.42. The third-order valence-electron chi connectivity index (χ3n) is 7.50. The number of carbonyl (C=O) groups is 2. The first kappa shape index (κ1) is 35.1. The minimum Gasteiger partial charge on any atom is -0.748 e. The predicted molar refractivity (Wildman–Crippen MR) is 173 cm³/mol. The van der Waals surface area contributed by atoms with Crippen LogP contribution in [0.2, 0.25) is 0 Å². The molecule has 0 saturated heterocycles. The Balaban J connectivity index is 0.00000480. The second-order valence-corrected chi connectivity index (χ2v) is 13.4. The molecule has 5 rings (SSSR count). The van der Waals surface area contributed by atoms with Gasteiger partial charge in [0.25, 0.3) is 5.91 Å². The Bertz CT molecular complexity index is 1880. The molecule has 1 unspecified atom stereocenters. The molecular formula is C35H34N3NaO6S. The maximum atomic E-state index is 13.7. The summed E-state index contributed by atoms with van der Waals surface area (Å²) in [6.45, 7) is 6.12. The Hall–Kier alpha value is -3.80. The molecule has 232 valence electrons. The van der Waals surface area contributed by atoms with Crippen LogP contribution in [0.4, 0.5) is 5.69 Å². The van der Waals surface area contributed by atoms with Gasteiger partial charge in [-0.05, 0) is 64.9 Å². The Morgan fingerprint density at radius 2 is 1.63 bits per heavy atom. The zero-order valence-corrected chi connectivity index (χ0v) is 29.1. The average molecular weight is 648 g/mol. The maximum Gasteiger partial charge on any atom is 1.00 e. The maximum absolute atomic E-state index is 13.7. The van der Waals surface area contributed by atoms with Crippen molar-refractivity contribution in [1.29, 1.82) is 0 Å². The predicted octanol–water partition coefficient (Wildman–Crippen LogP) is 3.04. The molecule has 2 amide bonds. The number of benzene rings is 3. The number of furan rings is 1. The Morgan fingerprint density at radius 1 is 0.935 bits per heavy atom. The first-order chi connectivity index (χ1) is 21.4. The van der Waals surface area contributed by atoms with Gasteiger partial charge in [0, 0.05) is 17.5 Å². The van der Waals surface area contributed by atoms with E-state index in [0.29, 0.717) is 29.1 Å². The molecule has 9 nitrogen and oxygen atoms in total. The number of nitrogens with zero attached hydrogens (tertiary/aromatic N) is 1. The van der Waals surface area contributed by atoms with Crippen LogP contribution in [0.25, 0.3) is 22.4 Å². The smallest absolute Gasteiger partial charge is 0.748 e. The quantitative estimate of drug-likeness (QED) is 0.175. The zero-order valence-electron chi connectivity index (χ0n) is 26.2. The van der Waals surface area contributed by atoms with Gasteiger partial charge in [0.15, 0.2) is 5.76 Å². The Kier molecular flexibility index (Phi) is 11.2. The molecule has 3 aromatic carbocycles. The zero-order chi connectivity index (χ0) is 32.2. The molecule has 0 radical (unpaired) electrons. The Labute approximate surface area is 290 Å². The summed E-state index contributed by atoms with van der Waals surface area (Å²) in [5.74, 6) is -1.29. The van der Waals surface area contributed by atoms with Crippen LogP contribution in [0.3, 0.4) is 0 Å². The standard InChI is InChI=1S/C35H35N3O6S.Na/c1-35(2,3)27-14-12-24(13-15-27)29(20-23-8-10-25(11-9-23)33(39)36-18-19-45(41,42)43)34(40)38-28-16-17-30(37-22-28)32-21-26-6-4-5-7-31(26)44-32;/h4-17,21-22,29H,18-20H2,1-3H3,(H,36,39)(H,38,40)(H,41,42,43);/q;+1/p-1. The number of carbonyl (C=O) groups excluding carboxylic acids is 2. The summed E-state index contributed by atoms with van der Waals surface area (Å²) in [6.07, 6.45) is 1.97. The van der Waals surface area contributed by atoms with Crippen molar-refractivity contribution in [2.75, 3.05) is 17.6 Å². The molecule has 2 heterocycles. The van der Waals surface area contributed by atoms with Gasteiger partial charge < -0.3 is 19.6 Å². The molecule has 2 aromatic heterocycles. The number of rotatable bonds is 10. The van der Waals surface area contributed by atoms with Crippen molar-refractivity contribution in [3.63, 3.8) is 0 Å². The summed E-state index contributed by atoms with van der Waals surface area (Å²) in [6, 6.07) is 28.0. The molecule has 1 atom stereocenters. The number of para-hydroxylation sites is 1. The summed E-state index contributed by atoms with van der Waals surface area (Å²) in [5.41, 5.74) is 5.05. The van der Waals surface area contributed by atoms with E-state index in [2.05, 4.69) is 36.4 Å². The van der Waals surface area contributed by atoms with Gasteiger partial charge in [0.05, 0.1) is 33.7 Å². The molecule has 0 aliphatic rings. The van der Waals surface area contributed by atoms with Crippen LogP contribution < -0.4 is 40.2 Å². The molecular weight excluding hydrogens is 613 g/mol. The number of hydrogen-bond acceptors (Lipinski definition) is 7. The third-order valence-corrected chi connectivity index (χ3v) is 8.20. The molecule has 0 bridgehead atoms. The van der Waals surface area contributed by atoms with E-state index in [4.69, 9.17) is 4.42 Å². The molecule has 0 aliphatic carbocycles. The second-order valence-electron chi connectivity index (χ2n) is 11.9. The van der Waals surface area contributed by atoms with Crippen molar-refractivity contribution in [2.45, 2.75) is 38.5 Å². The number of fused-ring (bicyclic) bond motifs is 1. The minimum absolute atomic E-state index is 0. The molecule has 2 N–H and O–H groups in total. The molecule has 0 saturated carbocycles. The van der Waals surface area contributed by atoms with Crippen LogP contribution in [-0.2, 0) is 26.7 Å². The van der Waals surface area contributed by atoms with Gasteiger partial charge in [-0.3, -0.25) is 14.6 Å². The first-order valence-electron chi connectivity index (χ1n) is 14.5. The van der Waals surface area contributed by atoms with Crippen molar-refractivity contribution in [3.05, 3.63) is 119 Å². The molecule has 0 spiro atoms. The van der Waals surface area contributed by atoms with E-state index in [0.717, 1.165) is 27.7 Å². The molecule has 5 aromatic rings. The largest absolute Gasteiger partial charge is 1.00 e. The SMILES string of the molecule is CC(C)(C)c1ccc(C(Cc2ccc(C(=O)NCCS(=O)(=O)[O-])cc2)C(=O)Nc2ccc(-c3cc4ccccc4o3)nc2)cc1.[Na+]. The molecule has 0 aliphatic heterocycles. The van der Waals surface area contributed by atoms with E-state index in [9.17, 15) is 22.6 Å². The van der Waals surface area contributed by atoms with Crippen LogP contribution in [0, 0.1) is 0 Å². The number of anilines is 1. The van der Waals surface area contributed by atoms with Gasteiger partial charge in [-0.2, -0.15) is 0 Å². The van der Waals surface area contributed by atoms with E-state index in [1.807, 2.05) is 54.6 Å². The fraction of sp³-hybridized carbons (Fsp3) is 0.229. The summed E-state index contributed by atoms with van der Waals surface area (Å²) in [5, 5.41) is 6.42. The van der Waals surface area contributed by atoms with Crippen LogP contribution in [0.1, 0.15) is 53.7 Å². The van der Waals surface area contributed by atoms with Crippen molar-refractivity contribution in [2.24, 2.45) is 0 Å². The van der Waals surface area contributed by atoms with Gasteiger partial charge in [0.2, 0.25) is 5.91 Å². The van der Waals surface area contributed by atoms with E-state index >= 15 is 0 Å². The van der Waals surface area contributed by atoms with Gasteiger partial charge >= 0.3 is 29.6 Å². The van der Waals surface area contributed by atoms with E-state index in [1.54, 1.807) is 42.6 Å². The van der Waals surface area contributed by atoms with E-state index < -0.39 is 27.7 Å². The van der Waals surface area contributed by atoms with Gasteiger partial charge in [-0.15, -0.1) is 0 Å². The average Bonchev–Trinajstić information content (AvgIpc) is 3.44. The monoisotopic (exact) mass is 647 g/mol. The topological polar surface area (TPSA) is 141 Å².